The van der Waals surface area contributed by atoms with Crippen LogP contribution in [0, 0.1) is 0 Å². The first-order valence-electron chi connectivity index (χ1n) is 4.85. The van der Waals surface area contributed by atoms with Gasteiger partial charge in [-0.3, -0.25) is 4.79 Å². The van der Waals surface area contributed by atoms with Gasteiger partial charge >= 0.3 is 4.87 Å². The van der Waals surface area contributed by atoms with E-state index in [2.05, 4.69) is 17.2 Å². The molecule has 1 atom stereocenters. The molecule has 14 heavy (non-hydrogen) atoms. The predicted octanol–water partition coefficient (Wildman–Crippen LogP) is 0.653. The molecule has 0 aliphatic rings. The summed E-state index contributed by atoms with van der Waals surface area (Å²) in [4.78, 5) is 13.5. The summed E-state index contributed by atoms with van der Waals surface area (Å²) in [7, 11) is 0. The van der Waals surface area contributed by atoms with E-state index in [-0.39, 0.29) is 10.9 Å². The van der Waals surface area contributed by atoms with Crippen molar-refractivity contribution < 1.29 is 0 Å². The highest BCUT2D eigenvalue weighted by Gasteiger charge is 1.99. The maximum absolute atomic E-state index is 10.8. The van der Waals surface area contributed by atoms with Crippen LogP contribution in [0.5, 0.6) is 0 Å². The molecule has 0 aliphatic carbocycles. The van der Waals surface area contributed by atoms with Crippen LogP contribution in [0.4, 0.5) is 0 Å². The van der Waals surface area contributed by atoms with E-state index in [1.54, 1.807) is 0 Å². The fourth-order valence-corrected chi connectivity index (χ4v) is 1.70. The number of H-pyrrole nitrogens is 1. The monoisotopic (exact) mass is 215 g/mol. The first kappa shape index (κ1) is 11.4. The summed E-state index contributed by atoms with van der Waals surface area (Å²) in [6, 6.07) is 0.282. The van der Waals surface area contributed by atoms with E-state index in [0.29, 0.717) is 0 Å². The average Bonchev–Trinajstić information content (AvgIpc) is 2.58. The molecule has 1 unspecified atom stereocenters. The van der Waals surface area contributed by atoms with E-state index < -0.39 is 0 Å². The topological polar surface area (TPSA) is 70.9 Å². The number of rotatable bonds is 6. The number of hydrogen-bond donors (Lipinski definition) is 3. The maximum atomic E-state index is 10.8. The van der Waals surface area contributed by atoms with Crippen molar-refractivity contribution >= 4 is 11.3 Å². The molecule has 0 radical (unpaired) electrons. The van der Waals surface area contributed by atoms with E-state index in [1.807, 2.05) is 5.38 Å². The van der Waals surface area contributed by atoms with Gasteiger partial charge in [0.05, 0.1) is 0 Å². The minimum Gasteiger partial charge on any atom is -0.328 e. The molecule has 4 nitrogen and oxygen atoms in total. The highest BCUT2D eigenvalue weighted by Crippen LogP contribution is 1.95. The second-order valence-electron chi connectivity index (χ2n) is 3.31. The molecule has 1 aromatic rings. The third kappa shape index (κ3) is 4.04. The lowest BCUT2D eigenvalue weighted by Crippen LogP contribution is -2.25. The zero-order chi connectivity index (χ0) is 10.4. The second kappa shape index (κ2) is 5.95. The predicted molar refractivity (Wildman–Crippen MR) is 59.5 cm³/mol. The molecule has 0 aromatic carbocycles. The molecular formula is C9H17N3OS. The van der Waals surface area contributed by atoms with Gasteiger partial charge in [-0.15, -0.1) is 0 Å². The third-order valence-electron chi connectivity index (χ3n) is 2.10. The second-order valence-corrected chi connectivity index (χ2v) is 4.15. The molecule has 5 heteroatoms. The van der Waals surface area contributed by atoms with Gasteiger partial charge in [0.15, 0.2) is 0 Å². The number of thiazole rings is 1. The van der Waals surface area contributed by atoms with Crippen LogP contribution >= 0.6 is 11.3 Å². The molecule has 1 aromatic heterocycles. The van der Waals surface area contributed by atoms with Gasteiger partial charge in [-0.25, -0.2) is 0 Å². The van der Waals surface area contributed by atoms with Crippen molar-refractivity contribution in [3.05, 3.63) is 20.7 Å². The minimum absolute atomic E-state index is 0.00654. The van der Waals surface area contributed by atoms with Gasteiger partial charge in [-0.05, 0) is 19.4 Å². The Balaban J connectivity index is 2.13. The average molecular weight is 215 g/mol. The maximum Gasteiger partial charge on any atom is 0.304 e. The van der Waals surface area contributed by atoms with Crippen LogP contribution in [0.25, 0.3) is 0 Å². The van der Waals surface area contributed by atoms with E-state index in [9.17, 15) is 4.79 Å². The summed E-state index contributed by atoms with van der Waals surface area (Å²) < 4.78 is 0. The van der Waals surface area contributed by atoms with Gasteiger partial charge < -0.3 is 16.0 Å². The molecule has 1 heterocycles. The molecular weight excluding hydrogens is 198 g/mol. The molecule has 0 saturated heterocycles. The molecule has 4 N–H and O–H groups in total. The third-order valence-corrected chi connectivity index (χ3v) is 2.82. The quantitative estimate of drug-likeness (QED) is 0.610. The van der Waals surface area contributed by atoms with Crippen LogP contribution in [0.1, 0.15) is 25.5 Å². The summed E-state index contributed by atoms with van der Waals surface area (Å²) in [5, 5.41) is 5.08. The number of aromatic amines is 1. The SMILES string of the molecule is CCC(N)CCNCc1csc(=O)[nH]1. The van der Waals surface area contributed by atoms with E-state index in [0.717, 1.165) is 31.6 Å². The van der Waals surface area contributed by atoms with Crippen molar-refractivity contribution in [2.75, 3.05) is 6.54 Å². The van der Waals surface area contributed by atoms with Gasteiger partial charge in [-0.1, -0.05) is 18.3 Å². The minimum atomic E-state index is 0.00654. The van der Waals surface area contributed by atoms with Crippen LogP contribution in [0.15, 0.2) is 10.2 Å². The smallest absolute Gasteiger partial charge is 0.304 e. The van der Waals surface area contributed by atoms with Crippen LogP contribution in [-0.2, 0) is 6.54 Å². The molecule has 0 aliphatic heterocycles. The number of nitrogens with one attached hydrogen (secondary N) is 2. The number of aromatic nitrogens is 1. The molecule has 0 bridgehead atoms. The molecule has 0 fully saturated rings. The zero-order valence-corrected chi connectivity index (χ0v) is 9.19. The Hall–Kier alpha value is -0.650. The largest absolute Gasteiger partial charge is 0.328 e. The summed E-state index contributed by atoms with van der Waals surface area (Å²) in [5.41, 5.74) is 6.71. The van der Waals surface area contributed by atoms with Crippen LogP contribution < -0.4 is 15.9 Å². The number of hydrogen-bond acceptors (Lipinski definition) is 4. The zero-order valence-electron chi connectivity index (χ0n) is 8.38. The Morgan fingerprint density at radius 1 is 1.71 bits per heavy atom. The van der Waals surface area contributed by atoms with Crippen molar-refractivity contribution in [1.29, 1.82) is 0 Å². The van der Waals surface area contributed by atoms with Crippen molar-refractivity contribution in [2.24, 2.45) is 5.73 Å². The van der Waals surface area contributed by atoms with E-state index in [4.69, 9.17) is 5.73 Å². The summed E-state index contributed by atoms with van der Waals surface area (Å²) in [6.45, 7) is 3.70. The van der Waals surface area contributed by atoms with E-state index >= 15 is 0 Å². The fourth-order valence-electron chi connectivity index (χ4n) is 1.12. The number of nitrogens with two attached hydrogens (primary N) is 1. The van der Waals surface area contributed by atoms with Gasteiger partial charge in [0.1, 0.15) is 0 Å². The van der Waals surface area contributed by atoms with E-state index in [1.165, 1.54) is 11.3 Å². The Labute approximate surface area is 87.5 Å². The van der Waals surface area contributed by atoms with Gasteiger partial charge in [0, 0.05) is 23.7 Å². The van der Waals surface area contributed by atoms with Gasteiger partial charge in [-0.2, -0.15) is 0 Å². The highest BCUT2D eigenvalue weighted by molar-refractivity contribution is 7.07. The molecule has 0 amide bonds. The lowest BCUT2D eigenvalue weighted by molar-refractivity contribution is 0.547. The van der Waals surface area contributed by atoms with Crippen molar-refractivity contribution in [3.8, 4) is 0 Å². The van der Waals surface area contributed by atoms with Crippen molar-refractivity contribution in [1.82, 2.24) is 10.3 Å². The standard InChI is InChI=1S/C9H17N3OS/c1-2-7(10)3-4-11-5-8-6-14-9(13)12-8/h6-7,11H,2-5,10H2,1H3,(H,12,13). The highest BCUT2D eigenvalue weighted by atomic mass is 32.1. The van der Waals surface area contributed by atoms with Crippen molar-refractivity contribution in [2.45, 2.75) is 32.4 Å². The fraction of sp³-hybridized carbons (Fsp3) is 0.667. The Morgan fingerprint density at radius 2 is 2.50 bits per heavy atom. The van der Waals surface area contributed by atoms with Crippen LogP contribution in [0.3, 0.4) is 0 Å². The summed E-state index contributed by atoms with van der Waals surface area (Å²) in [5.74, 6) is 0. The Kier molecular flexibility index (Phi) is 4.86. The van der Waals surface area contributed by atoms with Gasteiger partial charge in [0.2, 0.25) is 0 Å². The molecule has 1 rings (SSSR count). The van der Waals surface area contributed by atoms with Gasteiger partial charge in [0.25, 0.3) is 0 Å². The summed E-state index contributed by atoms with van der Waals surface area (Å²) >= 11 is 1.20. The van der Waals surface area contributed by atoms with Crippen LogP contribution in [-0.4, -0.2) is 17.6 Å². The lowest BCUT2D eigenvalue weighted by atomic mass is 10.2. The molecule has 0 spiro atoms. The Morgan fingerprint density at radius 3 is 3.07 bits per heavy atom. The normalized spacial score (nSPS) is 13.0. The summed E-state index contributed by atoms with van der Waals surface area (Å²) in [6.07, 6.45) is 1.99. The molecule has 80 valence electrons. The first-order chi connectivity index (χ1) is 6.72. The first-order valence-corrected chi connectivity index (χ1v) is 5.73. The Bertz CT molecular complexity index is 307. The van der Waals surface area contributed by atoms with Crippen LogP contribution in [0.2, 0.25) is 0 Å². The van der Waals surface area contributed by atoms with Crippen molar-refractivity contribution in [3.63, 3.8) is 0 Å². The molecule has 0 saturated carbocycles. The lowest BCUT2D eigenvalue weighted by Gasteiger charge is -2.08.